The van der Waals surface area contributed by atoms with Crippen molar-refractivity contribution < 1.29 is 8.78 Å². The molecule has 1 unspecified atom stereocenters. The predicted octanol–water partition coefficient (Wildman–Crippen LogP) is 4.17. The van der Waals surface area contributed by atoms with E-state index in [1.807, 2.05) is 0 Å². The smallest absolute Gasteiger partial charge is 0.127 e. The van der Waals surface area contributed by atoms with Crippen molar-refractivity contribution in [3.05, 3.63) is 69.7 Å². The molecule has 2 rings (SSSR count). The monoisotopic (exact) mass is 281 g/mol. The van der Waals surface area contributed by atoms with Crippen LogP contribution in [0.3, 0.4) is 0 Å². The van der Waals surface area contributed by atoms with E-state index in [1.54, 1.807) is 31.2 Å². The van der Waals surface area contributed by atoms with Crippen molar-refractivity contribution in [2.45, 2.75) is 19.4 Å². The van der Waals surface area contributed by atoms with E-state index in [4.69, 9.17) is 17.3 Å². The fourth-order valence-electron chi connectivity index (χ4n) is 1.96. The van der Waals surface area contributed by atoms with Gasteiger partial charge in [-0.15, -0.1) is 0 Å². The Kier molecular flexibility index (Phi) is 4.17. The van der Waals surface area contributed by atoms with E-state index in [9.17, 15) is 8.78 Å². The van der Waals surface area contributed by atoms with Gasteiger partial charge >= 0.3 is 0 Å². The second-order valence-electron chi connectivity index (χ2n) is 4.52. The Hall–Kier alpha value is -1.45. The number of aryl methyl sites for hydroxylation is 1. The summed E-state index contributed by atoms with van der Waals surface area (Å²) in [4.78, 5) is 0. The quantitative estimate of drug-likeness (QED) is 0.898. The summed E-state index contributed by atoms with van der Waals surface area (Å²) in [6.07, 6.45) is 0.274. The van der Waals surface area contributed by atoms with Crippen molar-refractivity contribution in [2.75, 3.05) is 0 Å². The lowest BCUT2D eigenvalue weighted by molar-refractivity contribution is 0.591. The summed E-state index contributed by atoms with van der Waals surface area (Å²) >= 11 is 5.96. The molecule has 0 saturated heterocycles. The van der Waals surface area contributed by atoms with Crippen LogP contribution in [0.5, 0.6) is 0 Å². The molecule has 19 heavy (non-hydrogen) atoms. The molecule has 0 aliphatic rings. The van der Waals surface area contributed by atoms with Crippen LogP contribution in [0.15, 0.2) is 36.4 Å². The Bertz CT molecular complexity index is 578. The van der Waals surface area contributed by atoms with Crippen LogP contribution in [0.25, 0.3) is 0 Å². The van der Waals surface area contributed by atoms with Crippen LogP contribution in [0.4, 0.5) is 8.78 Å². The third-order valence-corrected chi connectivity index (χ3v) is 3.45. The van der Waals surface area contributed by atoms with Gasteiger partial charge in [-0.3, -0.25) is 0 Å². The van der Waals surface area contributed by atoms with Crippen LogP contribution < -0.4 is 5.73 Å². The maximum atomic E-state index is 13.7. The van der Waals surface area contributed by atoms with Gasteiger partial charge in [-0.2, -0.15) is 0 Å². The molecule has 0 aliphatic heterocycles. The largest absolute Gasteiger partial charge is 0.324 e. The minimum absolute atomic E-state index is 0.274. The SMILES string of the molecule is Cc1cc(C(N)Cc2c(F)cccc2Cl)ccc1F. The molecule has 0 aromatic heterocycles. The van der Waals surface area contributed by atoms with Crippen molar-refractivity contribution >= 4 is 11.6 Å². The lowest BCUT2D eigenvalue weighted by Crippen LogP contribution is -2.14. The Labute approximate surface area is 116 Å². The maximum absolute atomic E-state index is 13.7. The van der Waals surface area contributed by atoms with E-state index in [0.29, 0.717) is 16.1 Å². The number of halogens is 3. The summed E-state index contributed by atoms with van der Waals surface area (Å²) < 4.78 is 26.9. The summed E-state index contributed by atoms with van der Waals surface area (Å²) in [6.45, 7) is 1.67. The van der Waals surface area contributed by atoms with E-state index in [0.717, 1.165) is 5.56 Å². The molecule has 2 aromatic carbocycles. The molecule has 2 aromatic rings. The first-order valence-corrected chi connectivity index (χ1v) is 6.31. The molecular formula is C15H14ClF2N. The highest BCUT2D eigenvalue weighted by Crippen LogP contribution is 2.25. The number of rotatable bonds is 3. The lowest BCUT2D eigenvalue weighted by Gasteiger charge is -2.14. The molecule has 0 amide bonds. The zero-order chi connectivity index (χ0) is 14.0. The fourth-order valence-corrected chi connectivity index (χ4v) is 2.20. The third-order valence-electron chi connectivity index (χ3n) is 3.10. The van der Waals surface area contributed by atoms with Crippen LogP contribution in [0.2, 0.25) is 5.02 Å². The van der Waals surface area contributed by atoms with Crippen molar-refractivity contribution in [3.8, 4) is 0 Å². The zero-order valence-corrected chi connectivity index (χ0v) is 11.2. The number of benzene rings is 2. The molecule has 4 heteroatoms. The number of hydrogen-bond acceptors (Lipinski definition) is 1. The molecule has 1 atom stereocenters. The second-order valence-corrected chi connectivity index (χ2v) is 4.93. The molecular weight excluding hydrogens is 268 g/mol. The first-order valence-electron chi connectivity index (χ1n) is 5.93. The molecule has 1 nitrogen and oxygen atoms in total. The number of hydrogen-bond donors (Lipinski definition) is 1. The highest BCUT2D eigenvalue weighted by Gasteiger charge is 2.14. The molecule has 0 spiro atoms. The molecule has 0 radical (unpaired) electrons. The van der Waals surface area contributed by atoms with Gasteiger partial charge in [0, 0.05) is 16.6 Å². The highest BCUT2D eigenvalue weighted by atomic mass is 35.5. The molecule has 0 aliphatic carbocycles. The Morgan fingerprint density at radius 2 is 1.89 bits per heavy atom. The van der Waals surface area contributed by atoms with Crippen LogP contribution in [0.1, 0.15) is 22.7 Å². The van der Waals surface area contributed by atoms with Gasteiger partial charge in [0.25, 0.3) is 0 Å². The van der Waals surface area contributed by atoms with Gasteiger partial charge in [0.2, 0.25) is 0 Å². The van der Waals surface area contributed by atoms with E-state index in [2.05, 4.69) is 0 Å². The summed E-state index contributed by atoms with van der Waals surface area (Å²) in [5.41, 5.74) is 7.71. The van der Waals surface area contributed by atoms with E-state index < -0.39 is 6.04 Å². The number of nitrogens with two attached hydrogens (primary N) is 1. The first-order chi connectivity index (χ1) is 8.99. The summed E-state index contributed by atoms with van der Waals surface area (Å²) in [6, 6.07) is 8.76. The molecule has 2 N–H and O–H groups in total. The Balaban J connectivity index is 2.25. The maximum Gasteiger partial charge on any atom is 0.127 e. The first kappa shape index (κ1) is 14.0. The summed E-state index contributed by atoms with van der Waals surface area (Å²) in [5, 5.41) is 0.356. The third kappa shape index (κ3) is 3.11. The van der Waals surface area contributed by atoms with Gasteiger partial charge in [0.05, 0.1) is 0 Å². The molecule has 100 valence electrons. The standard InChI is InChI=1S/C15H14ClF2N/c1-9-7-10(5-6-13(9)17)15(19)8-11-12(16)3-2-4-14(11)18/h2-7,15H,8,19H2,1H3. The van der Waals surface area contributed by atoms with E-state index in [-0.39, 0.29) is 18.1 Å². The average Bonchev–Trinajstić information content (AvgIpc) is 2.37. The lowest BCUT2D eigenvalue weighted by atomic mass is 9.98. The minimum Gasteiger partial charge on any atom is -0.324 e. The van der Waals surface area contributed by atoms with E-state index in [1.165, 1.54) is 12.1 Å². The van der Waals surface area contributed by atoms with Gasteiger partial charge < -0.3 is 5.73 Å². The van der Waals surface area contributed by atoms with Gasteiger partial charge in [0.1, 0.15) is 11.6 Å². The van der Waals surface area contributed by atoms with Crippen LogP contribution in [-0.2, 0) is 6.42 Å². The van der Waals surface area contributed by atoms with E-state index >= 15 is 0 Å². The highest BCUT2D eigenvalue weighted by molar-refractivity contribution is 6.31. The van der Waals surface area contributed by atoms with Crippen molar-refractivity contribution in [3.63, 3.8) is 0 Å². The summed E-state index contributed by atoms with van der Waals surface area (Å²) in [5.74, 6) is -0.651. The molecule has 0 saturated carbocycles. The van der Waals surface area contributed by atoms with Crippen molar-refractivity contribution in [2.24, 2.45) is 5.73 Å². The minimum atomic E-state index is -0.423. The molecule has 0 heterocycles. The van der Waals surface area contributed by atoms with Gasteiger partial charge in [0.15, 0.2) is 0 Å². The predicted molar refractivity (Wildman–Crippen MR) is 73.2 cm³/mol. The Morgan fingerprint density at radius 3 is 2.53 bits per heavy atom. The van der Waals surface area contributed by atoms with Gasteiger partial charge in [-0.05, 0) is 42.7 Å². The molecule has 0 bridgehead atoms. The average molecular weight is 282 g/mol. The zero-order valence-electron chi connectivity index (χ0n) is 10.5. The topological polar surface area (TPSA) is 26.0 Å². The van der Waals surface area contributed by atoms with Gasteiger partial charge in [-0.25, -0.2) is 8.78 Å². The van der Waals surface area contributed by atoms with Crippen molar-refractivity contribution in [1.82, 2.24) is 0 Å². The van der Waals surface area contributed by atoms with Crippen LogP contribution in [-0.4, -0.2) is 0 Å². The fraction of sp³-hybridized carbons (Fsp3) is 0.200. The second kappa shape index (κ2) is 5.68. The normalized spacial score (nSPS) is 12.5. The van der Waals surface area contributed by atoms with Crippen LogP contribution >= 0.6 is 11.6 Å². The Morgan fingerprint density at radius 1 is 1.16 bits per heavy atom. The van der Waals surface area contributed by atoms with Crippen molar-refractivity contribution in [1.29, 1.82) is 0 Å². The van der Waals surface area contributed by atoms with Crippen LogP contribution in [0, 0.1) is 18.6 Å². The summed E-state index contributed by atoms with van der Waals surface area (Å²) in [7, 11) is 0. The molecule has 0 fully saturated rings. The van der Waals surface area contributed by atoms with Gasteiger partial charge in [-0.1, -0.05) is 29.8 Å².